The first-order chi connectivity index (χ1) is 6.47. The van der Waals surface area contributed by atoms with Crippen molar-refractivity contribution in [3.05, 3.63) is 0 Å². The van der Waals surface area contributed by atoms with Crippen molar-refractivity contribution in [1.29, 1.82) is 0 Å². The third kappa shape index (κ3) is 1.89. The lowest BCUT2D eigenvalue weighted by Crippen LogP contribution is -2.40. The Balaban J connectivity index is 2.04. The van der Waals surface area contributed by atoms with Crippen LogP contribution >= 0.6 is 0 Å². The van der Waals surface area contributed by atoms with Crippen molar-refractivity contribution in [1.82, 2.24) is 10.6 Å². The van der Waals surface area contributed by atoms with Gasteiger partial charge in [0.25, 0.3) is 5.91 Å². The average Bonchev–Trinajstić information content (AvgIpc) is 2.73. The SMILES string of the molecule is CC(C)(C)C1N=C(NC2CC2)NC1=O. The summed E-state index contributed by atoms with van der Waals surface area (Å²) in [5, 5.41) is 5.99. The summed E-state index contributed by atoms with van der Waals surface area (Å²) < 4.78 is 0. The van der Waals surface area contributed by atoms with Gasteiger partial charge in [-0.05, 0) is 18.3 Å². The van der Waals surface area contributed by atoms with Gasteiger partial charge in [-0.15, -0.1) is 0 Å². The lowest BCUT2D eigenvalue weighted by molar-refractivity contribution is -0.122. The first-order valence-corrected chi connectivity index (χ1v) is 5.12. The van der Waals surface area contributed by atoms with Gasteiger partial charge in [0.05, 0.1) is 0 Å². The van der Waals surface area contributed by atoms with Crippen LogP contribution in [0.5, 0.6) is 0 Å². The zero-order valence-corrected chi connectivity index (χ0v) is 8.92. The minimum atomic E-state index is -0.247. The molecular formula is C10H17N3O. The summed E-state index contributed by atoms with van der Waals surface area (Å²) in [6, 6.07) is 0.288. The van der Waals surface area contributed by atoms with Crippen molar-refractivity contribution < 1.29 is 4.79 Å². The highest BCUT2D eigenvalue weighted by atomic mass is 16.2. The largest absolute Gasteiger partial charge is 0.353 e. The molecule has 14 heavy (non-hydrogen) atoms. The van der Waals surface area contributed by atoms with Crippen LogP contribution in [-0.2, 0) is 4.79 Å². The number of carbonyl (C=O) groups excluding carboxylic acids is 1. The molecule has 0 bridgehead atoms. The van der Waals surface area contributed by atoms with Gasteiger partial charge in [-0.2, -0.15) is 0 Å². The predicted molar refractivity (Wildman–Crippen MR) is 55.0 cm³/mol. The highest BCUT2D eigenvalue weighted by Crippen LogP contribution is 2.25. The fourth-order valence-electron chi connectivity index (χ4n) is 1.49. The van der Waals surface area contributed by atoms with Crippen molar-refractivity contribution in [3.8, 4) is 0 Å². The summed E-state index contributed by atoms with van der Waals surface area (Å²) in [4.78, 5) is 15.9. The van der Waals surface area contributed by atoms with E-state index in [0.29, 0.717) is 12.0 Å². The minimum Gasteiger partial charge on any atom is -0.353 e. The summed E-state index contributed by atoms with van der Waals surface area (Å²) in [6.45, 7) is 6.09. The molecule has 2 aliphatic rings. The molecule has 1 amide bonds. The van der Waals surface area contributed by atoms with Gasteiger partial charge < -0.3 is 5.32 Å². The molecule has 0 radical (unpaired) electrons. The van der Waals surface area contributed by atoms with Gasteiger partial charge >= 0.3 is 0 Å². The van der Waals surface area contributed by atoms with Crippen LogP contribution in [-0.4, -0.2) is 24.0 Å². The number of carbonyl (C=O) groups is 1. The van der Waals surface area contributed by atoms with Crippen LogP contribution in [0.15, 0.2) is 4.99 Å². The maximum absolute atomic E-state index is 11.6. The third-order valence-electron chi connectivity index (χ3n) is 2.49. The fourth-order valence-corrected chi connectivity index (χ4v) is 1.49. The number of nitrogens with one attached hydrogen (secondary N) is 2. The van der Waals surface area contributed by atoms with E-state index in [4.69, 9.17) is 0 Å². The third-order valence-corrected chi connectivity index (χ3v) is 2.49. The van der Waals surface area contributed by atoms with Crippen LogP contribution in [0.2, 0.25) is 0 Å². The monoisotopic (exact) mass is 195 g/mol. The quantitative estimate of drug-likeness (QED) is 0.645. The Morgan fingerprint density at radius 3 is 2.50 bits per heavy atom. The topological polar surface area (TPSA) is 53.5 Å². The van der Waals surface area contributed by atoms with E-state index < -0.39 is 0 Å². The van der Waals surface area contributed by atoms with Crippen LogP contribution in [0, 0.1) is 5.41 Å². The Morgan fingerprint density at radius 2 is 2.07 bits per heavy atom. The molecule has 78 valence electrons. The molecule has 1 aliphatic heterocycles. The molecule has 0 aromatic carbocycles. The molecule has 0 spiro atoms. The van der Waals surface area contributed by atoms with Crippen molar-refractivity contribution in [2.24, 2.45) is 10.4 Å². The smallest absolute Gasteiger partial charge is 0.252 e. The summed E-state index contributed by atoms with van der Waals surface area (Å²) in [7, 11) is 0. The Bertz CT molecular complexity index is 286. The molecule has 1 unspecified atom stereocenters. The van der Waals surface area contributed by atoms with E-state index in [1.807, 2.05) is 20.8 Å². The molecule has 0 aromatic rings. The predicted octanol–water partition coefficient (Wildman–Crippen LogP) is 0.639. The molecule has 1 aliphatic carbocycles. The van der Waals surface area contributed by atoms with Gasteiger partial charge in [0.2, 0.25) is 0 Å². The van der Waals surface area contributed by atoms with Gasteiger partial charge in [0, 0.05) is 6.04 Å². The van der Waals surface area contributed by atoms with E-state index >= 15 is 0 Å². The number of hydrogen-bond donors (Lipinski definition) is 2. The van der Waals surface area contributed by atoms with Gasteiger partial charge in [-0.1, -0.05) is 20.8 Å². The molecule has 4 heteroatoms. The number of guanidine groups is 1. The van der Waals surface area contributed by atoms with E-state index in [2.05, 4.69) is 15.6 Å². The molecule has 1 heterocycles. The van der Waals surface area contributed by atoms with E-state index in [9.17, 15) is 4.79 Å². The van der Waals surface area contributed by atoms with Crippen molar-refractivity contribution in [2.75, 3.05) is 0 Å². The van der Waals surface area contributed by atoms with Gasteiger partial charge in [-0.3, -0.25) is 10.1 Å². The number of rotatable bonds is 1. The van der Waals surface area contributed by atoms with E-state index in [1.54, 1.807) is 0 Å². The number of aliphatic imine (C=N–C) groups is 1. The Morgan fingerprint density at radius 1 is 1.43 bits per heavy atom. The molecule has 1 saturated carbocycles. The lowest BCUT2D eigenvalue weighted by atomic mass is 9.87. The van der Waals surface area contributed by atoms with Crippen LogP contribution in [0.25, 0.3) is 0 Å². The summed E-state index contributed by atoms with van der Waals surface area (Å²) in [5.41, 5.74) is -0.100. The Kier molecular flexibility index (Phi) is 2.01. The van der Waals surface area contributed by atoms with Crippen LogP contribution in [0.3, 0.4) is 0 Å². The highest BCUT2D eigenvalue weighted by molar-refractivity contribution is 6.05. The maximum Gasteiger partial charge on any atom is 0.252 e. The second-order valence-corrected chi connectivity index (χ2v) is 5.15. The van der Waals surface area contributed by atoms with Crippen molar-refractivity contribution in [3.63, 3.8) is 0 Å². The van der Waals surface area contributed by atoms with Crippen LogP contribution in [0.1, 0.15) is 33.6 Å². The van der Waals surface area contributed by atoms with E-state index in [0.717, 1.165) is 0 Å². The standard InChI is InChI=1S/C10H17N3O/c1-10(2,3)7-8(14)13-9(12-7)11-6-4-5-6/h6-7H,4-5H2,1-3H3,(H2,11,12,13,14). The highest BCUT2D eigenvalue weighted by Gasteiger charge is 2.37. The molecule has 2 rings (SSSR count). The average molecular weight is 195 g/mol. The Hall–Kier alpha value is -1.06. The molecule has 1 fully saturated rings. The van der Waals surface area contributed by atoms with Gasteiger partial charge in [0.1, 0.15) is 6.04 Å². The van der Waals surface area contributed by atoms with Crippen LogP contribution < -0.4 is 10.6 Å². The van der Waals surface area contributed by atoms with Gasteiger partial charge in [0.15, 0.2) is 5.96 Å². The van der Waals surface area contributed by atoms with E-state index in [-0.39, 0.29) is 17.4 Å². The second-order valence-electron chi connectivity index (χ2n) is 5.15. The molecule has 0 saturated heterocycles. The number of nitrogens with zero attached hydrogens (tertiary/aromatic N) is 1. The maximum atomic E-state index is 11.6. The molecule has 1 atom stereocenters. The summed E-state index contributed by atoms with van der Waals surface area (Å²) in [5.74, 6) is 0.679. The first-order valence-electron chi connectivity index (χ1n) is 5.12. The minimum absolute atomic E-state index is 0.0145. The van der Waals surface area contributed by atoms with Crippen LogP contribution in [0.4, 0.5) is 0 Å². The van der Waals surface area contributed by atoms with E-state index in [1.165, 1.54) is 12.8 Å². The molecule has 4 nitrogen and oxygen atoms in total. The zero-order valence-electron chi connectivity index (χ0n) is 8.92. The summed E-state index contributed by atoms with van der Waals surface area (Å²) >= 11 is 0. The van der Waals surface area contributed by atoms with Crippen molar-refractivity contribution in [2.45, 2.75) is 45.7 Å². The van der Waals surface area contributed by atoms with Crippen molar-refractivity contribution >= 4 is 11.9 Å². The van der Waals surface area contributed by atoms with Gasteiger partial charge in [-0.25, -0.2) is 4.99 Å². The lowest BCUT2D eigenvalue weighted by Gasteiger charge is -2.21. The second kappa shape index (κ2) is 2.97. The molecule has 2 N–H and O–H groups in total. The fraction of sp³-hybridized carbons (Fsp3) is 0.800. The zero-order chi connectivity index (χ0) is 10.3. The summed E-state index contributed by atoms with van der Waals surface area (Å²) in [6.07, 6.45) is 2.38. The molecule has 0 aromatic heterocycles. The normalized spacial score (nSPS) is 27.2. The Labute approximate surface area is 84.2 Å². The number of hydrogen-bond acceptors (Lipinski definition) is 3. The molecular weight excluding hydrogens is 178 g/mol. The first kappa shape index (κ1) is 9.49. The number of amides is 1.